The van der Waals surface area contributed by atoms with Gasteiger partial charge in [-0.2, -0.15) is 0 Å². The lowest BCUT2D eigenvalue weighted by atomic mass is 10.2. The normalized spacial score (nSPS) is 14.1. The Morgan fingerprint density at radius 1 is 1.04 bits per heavy atom. The smallest absolute Gasteiger partial charge is 0.242 e. The molecule has 3 rings (SSSR count). The van der Waals surface area contributed by atoms with E-state index in [1.165, 1.54) is 0 Å². The highest BCUT2D eigenvalue weighted by Gasteiger charge is 2.21. The van der Waals surface area contributed by atoms with Crippen LogP contribution in [0.1, 0.15) is 12.1 Å². The zero-order chi connectivity index (χ0) is 19.1. The molecule has 2 aromatic rings. The number of nitrogens with zero attached hydrogens (tertiary/aromatic N) is 3. The van der Waals surface area contributed by atoms with Crippen LogP contribution >= 0.6 is 11.6 Å². The van der Waals surface area contributed by atoms with E-state index in [0.717, 1.165) is 24.5 Å². The summed E-state index contributed by atoms with van der Waals surface area (Å²) in [5.74, 6) is -0.175. The molecule has 7 heteroatoms. The van der Waals surface area contributed by atoms with E-state index < -0.39 is 0 Å². The first-order valence-electron chi connectivity index (χ1n) is 9.07. The molecule has 1 aliphatic rings. The minimum atomic E-state index is -0.131. The largest absolute Gasteiger partial charge is 0.368 e. The number of halogens is 1. The number of nitrogens with one attached hydrogen (secondary N) is 1. The summed E-state index contributed by atoms with van der Waals surface area (Å²) in [6, 6.07) is 13.3. The Balaban J connectivity index is 1.38. The quantitative estimate of drug-likeness (QED) is 0.826. The summed E-state index contributed by atoms with van der Waals surface area (Å²) < 4.78 is 0. The van der Waals surface area contributed by atoms with Crippen molar-refractivity contribution in [2.75, 3.05) is 37.6 Å². The van der Waals surface area contributed by atoms with Crippen molar-refractivity contribution < 1.29 is 9.59 Å². The summed E-state index contributed by atoms with van der Waals surface area (Å²) in [6.07, 6.45) is 2.61. The Morgan fingerprint density at radius 3 is 2.44 bits per heavy atom. The molecule has 1 saturated heterocycles. The fourth-order valence-electron chi connectivity index (χ4n) is 3.03. The molecule has 0 radical (unpaired) electrons. The first-order chi connectivity index (χ1) is 13.1. The average Bonchev–Trinajstić information content (AvgIpc) is 2.72. The summed E-state index contributed by atoms with van der Waals surface area (Å²) in [7, 11) is 0. The third-order valence-corrected chi connectivity index (χ3v) is 4.85. The molecular weight excluding hydrogens is 364 g/mol. The molecule has 1 N–H and O–H groups in total. The van der Waals surface area contributed by atoms with Gasteiger partial charge in [0.15, 0.2) is 0 Å². The van der Waals surface area contributed by atoms with Crippen molar-refractivity contribution in [3.05, 3.63) is 59.4 Å². The molecule has 0 unspecified atom stereocenters. The molecule has 1 aromatic carbocycles. The fourth-order valence-corrected chi connectivity index (χ4v) is 3.15. The van der Waals surface area contributed by atoms with Crippen LogP contribution in [0.4, 0.5) is 5.69 Å². The second-order valence-corrected chi connectivity index (χ2v) is 6.88. The highest BCUT2D eigenvalue weighted by Crippen LogP contribution is 2.19. The van der Waals surface area contributed by atoms with Gasteiger partial charge in [-0.15, -0.1) is 0 Å². The Morgan fingerprint density at radius 2 is 1.78 bits per heavy atom. The Labute approximate surface area is 164 Å². The summed E-state index contributed by atoms with van der Waals surface area (Å²) in [6.45, 7) is 2.86. The lowest BCUT2D eigenvalue weighted by molar-refractivity contribution is -0.133. The van der Waals surface area contributed by atoms with Crippen molar-refractivity contribution >= 4 is 29.1 Å². The monoisotopic (exact) mass is 386 g/mol. The number of amides is 2. The highest BCUT2D eigenvalue weighted by molar-refractivity contribution is 6.30. The maximum absolute atomic E-state index is 12.3. The predicted molar refractivity (Wildman–Crippen MR) is 106 cm³/mol. The molecule has 0 bridgehead atoms. The van der Waals surface area contributed by atoms with Crippen LogP contribution in [0.15, 0.2) is 48.7 Å². The molecule has 1 aliphatic heterocycles. The second kappa shape index (κ2) is 9.37. The van der Waals surface area contributed by atoms with Crippen molar-refractivity contribution in [1.29, 1.82) is 0 Å². The molecule has 1 aromatic heterocycles. The lowest BCUT2D eigenvalue weighted by Gasteiger charge is -2.36. The van der Waals surface area contributed by atoms with Crippen LogP contribution < -0.4 is 10.2 Å². The summed E-state index contributed by atoms with van der Waals surface area (Å²) in [5, 5.41) is 3.43. The predicted octanol–water partition coefficient (Wildman–Crippen LogP) is 2.13. The molecule has 2 heterocycles. The number of rotatable bonds is 6. The summed E-state index contributed by atoms with van der Waals surface area (Å²) in [4.78, 5) is 32.5. The Hall–Kier alpha value is -2.60. The van der Waals surface area contributed by atoms with Crippen molar-refractivity contribution in [1.82, 2.24) is 15.2 Å². The summed E-state index contributed by atoms with van der Waals surface area (Å²) >= 11 is 5.92. The van der Waals surface area contributed by atoms with E-state index in [4.69, 9.17) is 11.6 Å². The lowest BCUT2D eigenvalue weighted by Crippen LogP contribution is -2.51. The number of hydrogen-bond donors (Lipinski definition) is 1. The number of carbonyl (C=O) groups is 2. The highest BCUT2D eigenvalue weighted by atomic mass is 35.5. The third-order valence-electron chi connectivity index (χ3n) is 4.60. The van der Waals surface area contributed by atoms with E-state index in [0.29, 0.717) is 31.0 Å². The third kappa shape index (κ3) is 5.69. The van der Waals surface area contributed by atoms with Crippen LogP contribution in [-0.4, -0.2) is 54.4 Å². The van der Waals surface area contributed by atoms with Gasteiger partial charge in [-0.05, 0) is 42.8 Å². The van der Waals surface area contributed by atoms with E-state index in [2.05, 4.69) is 15.2 Å². The van der Waals surface area contributed by atoms with E-state index in [-0.39, 0.29) is 18.4 Å². The van der Waals surface area contributed by atoms with Crippen molar-refractivity contribution in [3.63, 3.8) is 0 Å². The zero-order valence-electron chi connectivity index (χ0n) is 15.1. The van der Waals surface area contributed by atoms with Gasteiger partial charge < -0.3 is 15.1 Å². The van der Waals surface area contributed by atoms with Gasteiger partial charge in [0.25, 0.3) is 0 Å². The topological polar surface area (TPSA) is 65.5 Å². The molecule has 142 valence electrons. The van der Waals surface area contributed by atoms with E-state index in [1.54, 1.807) is 11.1 Å². The van der Waals surface area contributed by atoms with Gasteiger partial charge in [-0.1, -0.05) is 17.7 Å². The van der Waals surface area contributed by atoms with Crippen LogP contribution in [0.2, 0.25) is 5.02 Å². The van der Waals surface area contributed by atoms with Crippen molar-refractivity contribution in [2.24, 2.45) is 0 Å². The SMILES string of the molecule is O=C(CCc1ccccn1)NCC(=O)N1CCN(c2ccc(Cl)cc2)CC1. The number of anilines is 1. The molecule has 1 fully saturated rings. The number of pyridine rings is 1. The molecule has 0 atom stereocenters. The maximum atomic E-state index is 12.3. The van der Waals surface area contributed by atoms with E-state index >= 15 is 0 Å². The fraction of sp³-hybridized carbons (Fsp3) is 0.350. The van der Waals surface area contributed by atoms with E-state index in [9.17, 15) is 9.59 Å². The first-order valence-corrected chi connectivity index (χ1v) is 9.44. The molecule has 2 amide bonds. The number of benzene rings is 1. The zero-order valence-corrected chi connectivity index (χ0v) is 15.9. The van der Waals surface area contributed by atoms with Gasteiger partial charge in [0, 0.05) is 55.2 Å². The van der Waals surface area contributed by atoms with Gasteiger partial charge in [-0.25, -0.2) is 0 Å². The van der Waals surface area contributed by atoms with Gasteiger partial charge in [0.1, 0.15) is 0 Å². The number of piperazine rings is 1. The van der Waals surface area contributed by atoms with Crippen LogP contribution in [0.5, 0.6) is 0 Å². The van der Waals surface area contributed by atoms with Gasteiger partial charge in [0.2, 0.25) is 11.8 Å². The first kappa shape index (κ1) is 19.2. The average molecular weight is 387 g/mol. The molecule has 0 spiro atoms. The minimum Gasteiger partial charge on any atom is -0.368 e. The minimum absolute atomic E-state index is 0.0436. The standard InChI is InChI=1S/C20H23ClN4O2/c21-16-4-7-18(8-5-16)24-11-13-25(14-12-24)20(27)15-23-19(26)9-6-17-3-1-2-10-22-17/h1-5,7-8,10H,6,9,11-15H2,(H,23,26). The Bertz CT molecular complexity index is 759. The molecule has 6 nitrogen and oxygen atoms in total. The Kier molecular flexibility index (Phi) is 6.65. The summed E-state index contributed by atoms with van der Waals surface area (Å²) in [5.41, 5.74) is 1.98. The van der Waals surface area contributed by atoms with Crippen LogP contribution in [0.3, 0.4) is 0 Å². The van der Waals surface area contributed by atoms with Crippen LogP contribution in [0, 0.1) is 0 Å². The van der Waals surface area contributed by atoms with Gasteiger partial charge in [-0.3, -0.25) is 14.6 Å². The van der Waals surface area contributed by atoms with Crippen molar-refractivity contribution in [3.8, 4) is 0 Å². The molecule has 0 aliphatic carbocycles. The molecule has 27 heavy (non-hydrogen) atoms. The second-order valence-electron chi connectivity index (χ2n) is 6.44. The van der Waals surface area contributed by atoms with E-state index in [1.807, 2.05) is 42.5 Å². The maximum Gasteiger partial charge on any atom is 0.242 e. The number of hydrogen-bond acceptors (Lipinski definition) is 4. The van der Waals surface area contributed by atoms with Crippen molar-refractivity contribution in [2.45, 2.75) is 12.8 Å². The number of carbonyl (C=O) groups excluding carboxylic acids is 2. The molecule has 0 saturated carbocycles. The van der Waals surface area contributed by atoms with Crippen LogP contribution in [0.25, 0.3) is 0 Å². The number of aromatic nitrogens is 1. The molecular formula is C20H23ClN4O2. The van der Waals surface area contributed by atoms with Crippen LogP contribution in [-0.2, 0) is 16.0 Å². The van der Waals surface area contributed by atoms with Gasteiger partial charge in [0.05, 0.1) is 6.54 Å². The van der Waals surface area contributed by atoms with Gasteiger partial charge >= 0.3 is 0 Å². The number of aryl methyl sites for hydroxylation is 1.